The first-order valence-electron chi connectivity index (χ1n) is 8.02. The molecule has 6 nitrogen and oxygen atoms in total. The van der Waals surface area contributed by atoms with Crippen molar-refractivity contribution in [2.24, 2.45) is 5.73 Å². The molecule has 2 rings (SSSR count). The Morgan fingerprint density at radius 3 is 2.36 bits per heavy atom. The van der Waals surface area contributed by atoms with E-state index in [2.05, 4.69) is 10.9 Å². The number of hydrogen-bond acceptors (Lipinski definition) is 4. The molecule has 0 spiro atoms. The van der Waals surface area contributed by atoms with Gasteiger partial charge in [0, 0.05) is 0 Å². The fourth-order valence-corrected chi connectivity index (χ4v) is 2.30. The average molecular weight is 341 g/mol. The molecule has 0 unspecified atom stereocenters. The highest BCUT2D eigenvalue weighted by Crippen LogP contribution is 2.21. The van der Waals surface area contributed by atoms with Gasteiger partial charge in [-0.15, -0.1) is 0 Å². The number of benzene rings is 2. The van der Waals surface area contributed by atoms with Gasteiger partial charge in [0.25, 0.3) is 5.91 Å². The smallest absolute Gasteiger partial charge is 0.274 e. The van der Waals surface area contributed by atoms with E-state index in [1.54, 1.807) is 31.2 Å². The molecule has 2 aromatic carbocycles. The van der Waals surface area contributed by atoms with Gasteiger partial charge in [-0.1, -0.05) is 42.5 Å². The first kappa shape index (κ1) is 18.5. The third-order valence-electron chi connectivity index (χ3n) is 3.99. The number of nitrogens with one attached hydrogen (secondary N) is 2. The quantitative estimate of drug-likeness (QED) is 0.671. The topological polar surface area (TPSA) is 93.4 Å². The van der Waals surface area contributed by atoms with Gasteiger partial charge in [-0.05, 0) is 43.5 Å². The van der Waals surface area contributed by atoms with E-state index in [0.717, 1.165) is 11.1 Å². The highest BCUT2D eigenvalue weighted by atomic mass is 16.5. The van der Waals surface area contributed by atoms with Crippen LogP contribution in [0.1, 0.15) is 29.7 Å². The normalized spacial score (nSPS) is 12.9. The molecular weight excluding hydrogens is 318 g/mol. The van der Waals surface area contributed by atoms with E-state index in [9.17, 15) is 9.59 Å². The van der Waals surface area contributed by atoms with Crippen LogP contribution in [0.25, 0.3) is 0 Å². The number of amides is 2. The van der Waals surface area contributed by atoms with Crippen LogP contribution in [0, 0.1) is 13.8 Å². The molecule has 0 aliphatic heterocycles. The summed E-state index contributed by atoms with van der Waals surface area (Å²) in [6, 6.07) is 13.8. The number of primary amides is 1. The Morgan fingerprint density at radius 1 is 1.04 bits per heavy atom. The zero-order chi connectivity index (χ0) is 18.4. The predicted molar refractivity (Wildman–Crippen MR) is 95.7 cm³/mol. The average Bonchev–Trinajstić information content (AvgIpc) is 2.59. The van der Waals surface area contributed by atoms with Gasteiger partial charge in [0.15, 0.2) is 6.10 Å². The molecule has 6 heteroatoms. The Bertz CT molecular complexity index is 747. The van der Waals surface area contributed by atoms with Gasteiger partial charge in [0.2, 0.25) is 5.91 Å². The summed E-state index contributed by atoms with van der Waals surface area (Å²) in [5.41, 5.74) is 13.3. The molecule has 0 heterocycles. The van der Waals surface area contributed by atoms with Crippen molar-refractivity contribution in [3.63, 3.8) is 0 Å². The lowest BCUT2D eigenvalue weighted by Crippen LogP contribution is -2.49. The first-order chi connectivity index (χ1) is 11.9. The summed E-state index contributed by atoms with van der Waals surface area (Å²) in [6.07, 6.45) is -0.739. The number of hydrogen-bond donors (Lipinski definition) is 3. The van der Waals surface area contributed by atoms with Crippen molar-refractivity contribution in [1.29, 1.82) is 0 Å². The number of rotatable bonds is 7. The highest BCUT2D eigenvalue weighted by Gasteiger charge is 2.21. The van der Waals surface area contributed by atoms with Crippen molar-refractivity contribution in [3.8, 4) is 5.75 Å². The fraction of sp³-hybridized carbons (Fsp3) is 0.263. The van der Waals surface area contributed by atoms with Crippen LogP contribution in [-0.4, -0.2) is 17.9 Å². The van der Waals surface area contributed by atoms with Crippen molar-refractivity contribution in [2.45, 2.75) is 32.9 Å². The van der Waals surface area contributed by atoms with Gasteiger partial charge in [0.1, 0.15) is 11.8 Å². The molecule has 132 valence electrons. The zero-order valence-electron chi connectivity index (χ0n) is 14.6. The minimum Gasteiger partial charge on any atom is -0.481 e. The van der Waals surface area contributed by atoms with Crippen molar-refractivity contribution in [1.82, 2.24) is 10.9 Å². The van der Waals surface area contributed by atoms with E-state index in [4.69, 9.17) is 10.5 Å². The van der Waals surface area contributed by atoms with Gasteiger partial charge >= 0.3 is 0 Å². The zero-order valence-corrected chi connectivity index (χ0v) is 14.6. The minimum absolute atomic E-state index is 0.400. The van der Waals surface area contributed by atoms with Gasteiger partial charge in [0.05, 0.1) is 0 Å². The van der Waals surface area contributed by atoms with Crippen LogP contribution in [-0.2, 0) is 9.59 Å². The summed E-state index contributed by atoms with van der Waals surface area (Å²) in [6.45, 7) is 5.55. The predicted octanol–water partition coefficient (Wildman–Crippen LogP) is 1.92. The summed E-state index contributed by atoms with van der Waals surface area (Å²) < 4.78 is 5.72. The molecule has 0 radical (unpaired) electrons. The fourth-order valence-electron chi connectivity index (χ4n) is 2.30. The maximum absolute atomic E-state index is 12.3. The molecular formula is C19H23N3O3. The molecule has 25 heavy (non-hydrogen) atoms. The molecule has 0 bridgehead atoms. The van der Waals surface area contributed by atoms with Crippen molar-refractivity contribution in [3.05, 3.63) is 65.2 Å². The van der Waals surface area contributed by atoms with E-state index in [1.807, 2.05) is 38.1 Å². The second-order valence-corrected chi connectivity index (χ2v) is 5.84. The van der Waals surface area contributed by atoms with E-state index in [1.165, 1.54) is 0 Å². The summed E-state index contributed by atoms with van der Waals surface area (Å²) in [5, 5.41) is 0. The van der Waals surface area contributed by atoms with Crippen LogP contribution in [0.5, 0.6) is 5.75 Å². The number of carbonyl (C=O) groups is 2. The molecule has 0 saturated carbocycles. The molecule has 0 fully saturated rings. The number of ether oxygens (including phenoxy) is 1. The molecule has 0 aromatic heterocycles. The molecule has 2 atom stereocenters. The van der Waals surface area contributed by atoms with Crippen LogP contribution < -0.4 is 21.3 Å². The summed E-state index contributed by atoms with van der Waals surface area (Å²) >= 11 is 0. The van der Waals surface area contributed by atoms with Gasteiger partial charge < -0.3 is 10.5 Å². The van der Waals surface area contributed by atoms with Crippen LogP contribution in [0.15, 0.2) is 48.5 Å². The van der Waals surface area contributed by atoms with Crippen LogP contribution in [0.3, 0.4) is 0 Å². The lowest BCUT2D eigenvalue weighted by molar-refractivity contribution is -0.129. The first-order valence-corrected chi connectivity index (χ1v) is 8.02. The van der Waals surface area contributed by atoms with Gasteiger partial charge in [-0.3, -0.25) is 15.0 Å². The number of nitrogens with two attached hydrogens (primary N) is 1. The van der Waals surface area contributed by atoms with E-state index in [0.29, 0.717) is 11.3 Å². The molecule has 0 saturated heterocycles. The molecule has 2 amide bonds. The summed E-state index contributed by atoms with van der Waals surface area (Å²) in [4.78, 5) is 23.9. The Balaban J connectivity index is 1.98. The van der Waals surface area contributed by atoms with E-state index in [-0.39, 0.29) is 0 Å². The van der Waals surface area contributed by atoms with Crippen LogP contribution >= 0.6 is 0 Å². The Morgan fingerprint density at radius 2 is 1.72 bits per heavy atom. The molecule has 0 aliphatic carbocycles. The number of aryl methyl sites for hydroxylation is 1. The Hall–Kier alpha value is -2.86. The highest BCUT2D eigenvalue weighted by molar-refractivity contribution is 5.83. The maximum atomic E-state index is 12.3. The molecule has 4 N–H and O–H groups in total. The monoisotopic (exact) mass is 341 g/mol. The Labute approximate surface area is 147 Å². The van der Waals surface area contributed by atoms with E-state index >= 15 is 0 Å². The largest absolute Gasteiger partial charge is 0.481 e. The lowest BCUT2D eigenvalue weighted by atomic mass is 10.1. The number of carbonyl (C=O) groups excluding carboxylic acids is 2. The van der Waals surface area contributed by atoms with E-state index < -0.39 is 24.0 Å². The number of hydrazine groups is 1. The minimum atomic E-state index is -0.821. The third kappa shape index (κ3) is 4.81. The van der Waals surface area contributed by atoms with Crippen molar-refractivity contribution < 1.29 is 14.3 Å². The van der Waals surface area contributed by atoms with Crippen molar-refractivity contribution in [2.75, 3.05) is 0 Å². The second-order valence-electron chi connectivity index (χ2n) is 5.84. The third-order valence-corrected chi connectivity index (χ3v) is 3.99. The maximum Gasteiger partial charge on any atom is 0.274 e. The van der Waals surface area contributed by atoms with Gasteiger partial charge in [-0.25, -0.2) is 5.43 Å². The SMILES string of the molecule is Cc1cccc(O[C@H](C)C(=O)NN[C@@H](C(N)=O)c2ccccc2)c1C. The van der Waals surface area contributed by atoms with Crippen LogP contribution in [0.4, 0.5) is 0 Å². The summed E-state index contributed by atoms with van der Waals surface area (Å²) in [5.74, 6) is -0.338. The van der Waals surface area contributed by atoms with Crippen LogP contribution in [0.2, 0.25) is 0 Å². The van der Waals surface area contributed by atoms with Crippen molar-refractivity contribution >= 4 is 11.8 Å². The molecule has 2 aromatic rings. The summed E-state index contributed by atoms with van der Waals surface area (Å²) in [7, 11) is 0. The standard InChI is InChI=1S/C19H23N3O3/c1-12-8-7-11-16(13(12)2)25-14(3)19(24)22-21-17(18(20)23)15-9-5-4-6-10-15/h4-11,14,17,21H,1-3H3,(H2,20,23)(H,22,24)/t14-,17-/m1/s1. The lowest BCUT2D eigenvalue weighted by Gasteiger charge is -2.20. The molecule has 0 aliphatic rings. The Kier molecular flexibility index (Phi) is 6.14. The van der Waals surface area contributed by atoms with Gasteiger partial charge in [-0.2, -0.15) is 0 Å². The second kappa shape index (κ2) is 8.30.